The lowest BCUT2D eigenvalue weighted by molar-refractivity contribution is 0.414. The molecule has 0 saturated heterocycles. The van der Waals surface area contributed by atoms with Gasteiger partial charge in [-0.15, -0.1) is 6.42 Å². The fraction of sp³-hybridized carbons (Fsp3) is 0.111. The number of hydrogen-bond donors (Lipinski definition) is 0. The number of ether oxygens (including phenoxy) is 1. The predicted molar refractivity (Wildman–Crippen MR) is 40.9 cm³/mol. The van der Waals surface area contributed by atoms with Crippen LogP contribution in [-0.4, -0.2) is 7.11 Å². The molecular formula is C9H8O. The maximum Gasteiger partial charge on any atom is 0.120 e. The summed E-state index contributed by atoms with van der Waals surface area (Å²) in [4.78, 5) is 0. The molecule has 1 aromatic rings. The largest absolute Gasteiger partial charge is 0.497 e. The Morgan fingerprint density at radius 2 is 2.30 bits per heavy atom. The van der Waals surface area contributed by atoms with Gasteiger partial charge < -0.3 is 4.74 Å². The minimum atomic E-state index is 0.801. The van der Waals surface area contributed by atoms with Gasteiger partial charge in [-0.05, 0) is 18.2 Å². The summed E-state index contributed by atoms with van der Waals surface area (Å²) in [6.45, 7) is 0. The zero-order valence-electron chi connectivity index (χ0n) is 5.79. The Balaban J connectivity index is 3.01. The first-order chi connectivity index (χ1) is 4.86. The molecule has 0 heterocycles. The van der Waals surface area contributed by atoms with E-state index in [1.165, 1.54) is 0 Å². The first-order valence-corrected chi connectivity index (χ1v) is 2.97. The minimum absolute atomic E-state index is 0.801. The Bertz CT molecular complexity index is 258. The van der Waals surface area contributed by atoms with Crippen LogP contribution in [0.15, 0.2) is 24.3 Å². The van der Waals surface area contributed by atoms with Crippen molar-refractivity contribution in [3.63, 3.8) is 0 Å². The van der Waals surface area contributed by atoms with Gasteiger partial charge in [-0.25, -0.2) is 0 Å². The van der Waals surface area contributed by atoms with Gasteiger partial charge in [0.15, 0.2) is 0 Å². The zero-order chi connectivity index (χ0) is 7.40. The van der Waals surface area contributed by atoms with E-state index in [-0.39, 0.29) is 0 Å². The molecule has 0 atom stereocenters. The van der Waals surface area contributed by atoms with E-state index >= 15 is 0 Å². The van der Waals surface area contributed by atoms with Crippen LogP contribution in [0.5, 0.6) is 5.75 Å². The predicted octanol–water partition coefficient (Wildman–Crippen LogP) is 1.68. The van der Waals surface area contributed by atoms with Crippen molar-refractivity contribution in [3.05, 3.63) is 29.8 Å². The molecule has 50 valence electrons. The second kappa shape index (κ2) is 2.93. The summed E-state index contributed by atoms with van der Waals surface area (Å²) in [5, 5.41) is 0. The van der Waals surface area contributed by atoms with Crippen molar-refractivity contribution in [1.82, 2.24) is 0 Å². The van der Waals surface area contributed by atoms with E-state index in [4.69, 9.17) is 11.2 Å². The van der Waals surface area contributed by atoms with Gasteiger partial charge in [0.25, 0.3) is 0 Å². The standard InChI is InChI=1S/C9H8O/c1-3-8-5-4-6-9(7-8)10-2/h1,4-7H,2H3. The van der Waals surface area contributed by atoms with Crippen LogP contribution in [0.25, 0.3) is 0 Å². The molecule has 0 bridgehead atoms. The highest BCUT2D eigenvalue weighted by Crippen LogP contribution is 2.10. The maximum absolute atomic E-state index is 5.17. The molecule has 0 N–H and O–H groups in total. The normalized spacial score (nSPS) is 8.40. The molecule has 1 heteroatoms. The molecule has 0 fully saturated rings. The molecule has 0 unspecified atom stereocenters. The number of rotatable bonds is 1. The lowest BCUT2D eigenvalue weighted by atomic mass is 10.2. The summed E-state index contributed by atoms with van der Waals surface area (Å²) in [6.07, 6.45) is 5.17. The molecule has 1 rings (SSSR count). The summed E-state index contributed by atoms with van der Waals surface area (Å²) >= 11 is 0. The third-order valence-electron chi connectivity index (χ3n) is 1.24. The van der Waals surface area contributed by atoms with E-state index in [1.54, 1.807) is 7.11 Å². The highest BCUT2D eigenvalue weighted by Gasteiger charge is 1.89. The maximum atomic E-state index is 5.17. The van der Waals surface area contributed by atoms with Crippen molar-refractivity contribution in [3.8, 4) is 18.1 Å². The number of terminal acetylenes is 1. The summed E-state index contributed by atoms with van der Waals surface area (Å²) in [5.41, 5.74) is 0.847. The van der Waals surface area contributed by atoms with Crippen LogP contribution < -0.4 is 4.74 Å². The average Bonchev–Trinajstić information content (AvgIpc) is 2.05. The van der Waals surface area contributed by atoms with E-state index in [1.807, 2.05) is 24.3 Å². The van der Waals surface area contributed by atoms with Crippen molar-refractivity contribution in [1.29, 1.82) is 0 Å². The van der Waals surface area contributed by atoms with Crippen molar-refractivity contribution in [2.45, 2.75) is 0 Å². The molecule has 0 aromatic heterocycles. The third-order valence-corrected chi connectivity index (χ3v) is 1.24. The molecule has 10 heavy (non-hydrogen) atoms. The highest BCUT2D eigenvalue weighted by atomic mass is 16.5. The summed E-state index contributed by atoms with van der Waals surface area (Å²) in [6, 6.07) is 7.41. The smallest absolute Gasteiger partial charge is 0.120 e. The van der Waals surface area contributed by atoms with E-state index in [2.05, 4.69) is 5.92 Å². The summed E-state index contributed by atoms with van der Waals surface area (Å²) in [7, 11) is 1.62. The molecule has 0 amide bonds. The number of benzene rings is 1. The molecule has 0 aliphatic carbocycles. The SMILES string of the molecule is C#Cc1cccc(OC)c1. The Kier molecular flexibility index (Phi) is 1.96. The van der Waals surface area contributed by atoms with Gasteiger partial charge in [0.1, 0.15) is 5.75 Å². The van der Waals surface area contributed by atoms with Crippen LogP contribution in [0, 0.1) is 12.3 Å². The molecular weight excluding hydrogens is 124 g/mol. The van der Waals surface area contributed by atoms with Crippen LogP contribution in [0.2, 0.25) is 0 Å². The van der Waals surface area contributed by atoms with Crippen molar-refractivity contribution < 1.29 is 4.74 Å². The van der Waals surface area contributed by atoms with Crippen LogP contribution in [-0.2, 0) is 0 Å². The van der Waals surface area contributed by atoms with Crippen LogP contribution in [0.3, 0.4) is 0 Å². The van der Waals surface area contributed by atoms with Crippen molar-refractivity contribution in [2.75, 3.05) is 7.11 Å². The van der Waals surface area contributed by atoms with E-state index < -0.39 is 0 Å². The number of hydrogen-bond acceptors (Lipinski definition) is 1. The quantitative estimate of drug-likeness (QED) is 0.528. The van der Waals surface area contributed by atoms with Gasteiger partial charge in [0.05, 0.1) is 7.11 Å². The molecule has 1 aromatic carbocycles. The monoisotopic (exact) mass is 132 g/mol. The van der Waals surface area contributed by atoms with Gasteiger partial charge >= 0.3 is 0 Å². The van der Waals surface area contributed by atoms with E-state index in [0.717, 1.165) is 11.3 Å². The van der Waals surface area contributed by atoms with Gasteiger partial charge in [0, 0.05) is 5.56 Å². The third kappa shape index (κ3) is 1.29. The molecule has 0 aliphatic heterocycles. The van der Waals surface area contributed by atoms with Crippen molar-refractivity contribution >= 4 is 0 Å². The van der Waals surface area contributed by atoms with Crippen LogP contribution >= 0.6 is 0 Å². The minimum Gasteiger partial charge on any atom is -0.497 e. The van der Waals surface area contributed by atoms with Crippen LogP contribution in [0.4, 0.5) is 0 Å². The van der Waals surface area contributed by atoms with E-state index in [0.29, 0.717) is 0 Å². The van der Waals surface area contributed by atoms with E-state index in [9.17, 15) is 0 Å². The Morgan fingerprint density at radius 3 is 2.90 bits per heavy atom. The van der Waals surface area contributed by atoms with Gasteiger partial charge in [-0.1, -0.05) is 12.0 Å². The van der Waals surface area contributed by atoms with Gasteiger partial charge in [0.2, 0.25) is 0 Å². The Hall–Kier alpha value is -1.42. The number of methoxy groups -OCH3 is 1. The van der Waals surface area contributed by atoms with Gasteiger partial charge in [-0.3, -0.25) is 0 Å². The molecule has 0 aliphatic rings. The molecule has 0 spiro atoms. The lowest BCUT2D eigenvalue weighted by Gasteiger charge is -1.97. The second-order valence-corrected chi connectivity index (χ2v) is 1.88. The van der Waals surface area contributed by atoms with Crippen LogP contribution in [0.1, 0.15) is 5.56 Å². The molecule has 0 saturated carbocycles. The first-order valence-electron chi connectivity index (χ1n) is 2.97. The summed E-state index contributed by atoms with van der Waals surface area (Å²) < 4.78 is 4.96. The fourth-order valence-corrected chi connectivity index (χ4v) is 0.713. The van der Waals surface area contributed by atoms with Crippen molar-refractivity contribution in [2.24, 2.45) is 0 Å². The Morgan fingerprint density at radius 1 is 1.50 bits per heavy atom. The van der Waals surface area contributed by atoms with Gasteiger partial charge in [-0.2, -0.15) is 0 Å². The molecule has 0 radical (unpaired) electrons. The topological polar surface area (TPSA) is 9.23 Å². The second-order valence-electron chi connectivity index (χ2n) is 1.88. The Labute approximate surface area is 60.6 Å². The lowest BCUT2D eigenvalue weighted by Crippen LogP contribution is -1.82. The summed E-state index contributed by atoms with van der Waals surface area (Å²) in [5.74, 6) is 3.32. The molecule has 1 nitrogen and oxygen atoms in total. The average molecular weight is 132 g/mol. The first kappa shape index (κ1) is 6.70. The highest BCUT2D eigenvalue weighted by molar-refractivity contribution is 5.38. The fourth-order valence-electron chi connectivity index (χ4n) is 0.713. The zero-order valence-corrected chi connectivity index (χ0v) is 5.79.